The number of fused-ring (bicyclic) bond motifs is 1. The summed E-state index contributed by atoms with van der Waals surface area (Å²) in [6.45, 7) is 2.01. The number of aryl methyl sites for hydroxylation is 2. The van der Waals surface area contributed by atoms with Gasteiger partial charge in [-0.3, -0.25) is 4.79 Å². The summed E-state index contributed by atoms with van der Waals surface area (Å²) >= 11 is 13.2. The molecule has 0 aliphatic heterocycles. The van der Waals surface area contributed by atoms with Crippen LogP contribution in [0.5, 0.6) is 0 Å². The summed E-state index contributed by atoms with van der Waals surface area (Å²) in [7, 11) is 0. The van der Waals surface area contributed by atoms with E-state index in [9.17, 15) is 4.79 Å². The lowest BCUT2D eigenvalue weighted by molar-refractivity contribution is 0.843. The van der Waals surface area contributed by atoms with Gasteiger partial charge in [0.2, 0.25) is 0 Å². The molecule has 0 unspecified atom stereocenters. The highest BCUT2D eigenvalue weighted by atomic mass is 35.5. The Morgan fingerprint density at radius 2 is 2.00 bits per heavy atom. The molecule has 6 heteroatoms. The molecule has 0 saturated carbocycles. The smallest absolute Gasteiger partial charge is 0.260 e. The minimum Gasteiger partial charge on any atom is -0.310 e. The van der Waals surface area contributed by atoms with Gasteiger partial charge in [0.1, 0.15) is 10.7 Å². The van der Waals surface area contributed by atoms with Gasteiger partial charge in [-0.2, -0.15) is 0 Å². The van der Waals surface area contributed by atoms with E-state index in [0.29, 0.717) is 28.5 Å². The molecule has 3 aromatic rings. The molecule has 0 amide bonds. The number of H-pyrrole nitrogens is 1. The second-order valence-electron chi connectivity index (χ2n) is 5.03. The predicted molar refractivity (Wildman–Crippen MR) is 94.5 cm³/mol. The van der Waals surface area contributed by atoms with Crippen molar-refractivity contribution < 1.29 is 0 Å². The first-order valence-electron chi connectivity index (χ1n) is 6.94. The quantitative estimate of drug-likeness (QED) is 0.686. The number of thiophene rings is 1. The average molecular weight is 353 g/mol. The fourth-order valence-electron chi connectivity index (χ4n) is 2.48. The molecule has 0 aliphatic carbocycles. The van der Waals surface area contributed by atoms with Crippen molar-refractivity contribution in [2.24, 2.45) is 0 Å². The standard InChI is InChI=1S/C16H14Cl2N2OS/c1-9-13(10-4-6-11(18)7-5-10)14-15(21)19-12(3-2-8-17)20-16(14)22-9/h4-7H,2-3,8H2,1H3,(H,19,20,21). The average Bonchev–Trinajstić information content (AvgIpc) is 2.82. The molecule has 0 bridgehead atoms. The molecule has 114 valence electrons. The molecular weight excluding hydrogens is 339 g/mol. The summed E-state index contributed by atoms with van der Waals surface area (Å²) in [6.07, 6.45) is 1.48. The van der Waals surface area contributed by atoms with E-state index in [-0.39, 0.29) is 5.56 Å². The van der Waals surface area contributed by atoms with Gasteiger partial charge in [0.15, 0.2) is 0 Å². The summed E-state index contributed by atoms with van der Waals surface area (Å²) in [5.41, 5.74) is 1.83. The van der Waals surface area contributed by atoms with Crippen molar-refractivity contribution in [3.63, 3.8) is 0 Å². The fraction of sp³-hybridized carbons (Fsp3) is 0.250. The van der Waals surface area contributed by atoms with E-state index in [4.69, 9.17) is 23.2 Å². The first-order chi connectivity index (χ1) is 10.6. The number of hydrogen-bond donors (Lipinski definition) is 1. The number of halogens is 2. The van der Waals surface area contributed by atoms with Crippen molar-refractivity contribution in [2.75, 3.05) is 5.88 Å². The van der Waals surface area contributed by atoms with E-state index in [1.807, 2.05) is 31.2 Å². The zero-order valence-electron chi connectivity index (χ0n) is 12.0. The van der Waals surface area contributed by atoms with Crippen molar-refractivity contribution in [3.8, 4) is 11.1 Å². The van der Waals surface area contributed by atoms with Crippen LogP contribution < -0.4 is 5.56 Å². The lowest BCUT2D eigenvalue weighted by atomic mass is 10.0. The zero-order valence-corrected chi connectivity index (χ0v) is 14.3. The van der Waals surface area contributed by atoms with Crippen LogP contribution in [0.4, 0.5) is 0 Å². The maximum Gasteiger partial charge on any atom is 0.260 e. The van der Waals surface area contributed by atoms with E-state index >= 15 is 0 Å². The Morgan fingerprint density at radius 1 is 1.27 bits per heavy atom. The third-order valence-electron chi connectivity index (χ3n) is 3.47. The number of nitrogens with zero attached hydrogens (tertiary/aromatic N) is 1. The van der Waals surface area contributed by atoms with Gasteiger partial charge in [0, 0.05) is 27.8 Å². The van der Waals surface area contributed by atoms with E-state index in [1.165, 1.54) is 0 Å². The van der Waals surface area contributed by atoms with Gasteiger partial charge in [-0.05, 0) is 31.0 Å². The monoisotopic (exact) mass is 352 g/mol. The SMILES string of the molecule is Cc1sc2nc(CCCCl)[nH]c(=O)c2c1-c1ccc(Cl)cc1. The molecule has 22 heavy (non-hydrogen) atoms. The lowest BCUT2D eigenvalue weighted by Crippen LogP contribution is -2.11. The van der Waals surface area contributed by atoms with E-state index < -0.39 is 0 Å². The number of alkyl halides is 1. The maximum absolute atomic E-state index is 12.5. The van der Waals surface area contributed by atoms with Crippen molar-refractivity contribution in [1.29, 1.82) is 0 Å². The number of aromatic nitrogens is 2. The fourth-order valence-corrected chi connectivity index (χ4v) is 3.80. The summed E-state index contributed by atoms with van der Waals surface area (Å²) in [5.74, 6) is 1.25. The molecule has 0 spiro atoms. The number of benzene rings is 1. The first-order valence-corrected chi connectivity index (χ1v) is 8.67. The Hall–Kier alpha value is -1.36. The first kappa shape index (κ1) is 15.5. The van der Waals surface area contributed by atoms with Crippen molar-refractivity contribution in [1.82, 2.24) is 9.97 Å². The van der Waals surface area contributed by atoms with Crippen LogP contribution in [0.2, 0.25) is 5.02 Å². The second kappa shape index (κ2) is 6.41. The van der Waals surface area contributed by atoms with Crippen LogP contribution in [-0.4, -0.2) is 15.8 Å². The minimum absolute atomic E-state index is 0.0936. The van der Waals surface area contributed by atoms with Crippen LogP contribution in [0.1, 0.15) is 17.1 Å². The summed E-state index contributed by atoms with van der Waals surface area (Å²) in [4.78, 5) is 21.8. The largest absolute Gasteiger partial charge is 0.310 e. The lowest BCUT2D eigenvalue weighted by Gasteiger charge is -2.03. The summed E-state index contributed by atoms with van der Waals surface area (Å²) in [5, 5.41) is 1.33. The Labute approximate surface area is 141 Å². The molecular formula is C16H14Cl2N2OS. The summed E-state index contributed by atoms with van der Waals surface area (Å²) < 4.78 is 0. The molecule has 0 radical (unpaired) electrons. The molecule has 1 N–H and O–H groups in total. The Balaban J connectivity index is 2.17. The third-order valence-corrected chi connectivity index (χ3v) is 4.99. The molecule has 2 aromatic heterocycles. The molecule has 3 nitrogen and oxygen atoms in total. The molecule has 1 aromatic carbocycles. The Bertz CT molecular complexity index is 868. The highest BCUT2D eigenvalue weighted by Gasteiger charge is 2.16. The molecule has 0 aliphatic rings. The van der Waals surface area contributed by atoms with E-state index in [0.717, 1.165) is 27.3 Å². The Morgan fingerprint density at radius 3 is 2.68 bits per heavy atom. The van der Waals surface area contributed by atoms with Crippen molar-refractivity contribution in [2.45, 2.75) is 19.8 Å². The zero-order chi connectivity index (χ0) is 15.7. The molecule has 0 fully saturated rings. The highest BCUT2D eigenvalue weighted by Crippen LogP contribution is 2.35. The van der Waals surface area contributed by atoms with E-state index in [1.54, 1.807) is 11.3 Å². The number of rotatable bonds is 4. The van der Waals surface area contributed by atoms with Crippen LogP contribution in [-0.2, 0) is 6.42 Å². The summed E-state index contributed by atoms with van der Waals surface area (Å²) in [6, 6.07) is 7.52. The molecule has 3 rings (SSSR count). The van der Waals surface area contributed by atoms with Gasteiger partial charge in [0.25, 0.3) is 5.56 Å². The van der Waals surface area contributed by atoms with Crippen molar-refractivity contribution in [3.05, 3.63) is 50.3 Å². The maximum atomic E-state index is 12.5. The predicted octanol–water partition coefficient (Wildman–Crippen LogP) is 4.78. The number of hydrogen-bond acceptors (Lipinski definition) is 3. The molecule has 0 atom stereocenters. The second-order valence-corrected chi connectivity index (χ2v) is 7.04. The van der Waals surface area contributed by atoms with Gasteiger partial charge in [0.05, 0.1) is 5.39 Å². The number of nitrogens with one attached hydrogen (secondary N) is 1. The van der Waals surface area contributed by atoms with Gasteiger partial charge in [-0.1, -0.05) is 23.7 Å². The van der Waals surface area contributed by atoms with Gasteiger partial charge in [-0.25, -0.2) is 4.98 Å². The Kier molecular flexibility index (Phi) is 4.52. The normalized spacial score (nSPS) is 11.2. The van der Waals surface area contributed by atoms with Crippen LogP contribution in [0, 0.1) is 6.92 Å². The van der Waals surface area contributed by atoms with Gasteiger partial charge >= 0.3 is 0 Å². The number of aromatic amines is 1. The molecule has 0 saturated heterocycles. The van der Waals surface area contributed by atoms with Crippen LogP contribution in [0.25, 0.3) is 21.3 Å². The highest BCUT2D eigenvalue weighted by molar-refractivity contribution is 7.19. The minimum atomic E-state index is -0.0936. The van der Waals surface area contributed by atoms with Crippen LogP contribution in [0.3, 0.4) is 0 Å². The molecule has 2 heterocycles. The third kappa shape index (κ3) is 2.91. The topological polar surface area (TPSA) is 45.8 Å². The van der Waals surface area contributed by atoms with E-state index in [2.05, 4.69) is 9.97 Å². The van der Waals surface area contributed by atoms with Crippen LogP contribution in [0.15, 0.2) is 29.1 Å². The van der Waals surface area contributed by atoms with Gasteiger partial charge in [-0.15, -0.1) is 22.9 Å². The van der Waals surface area contributed by atoms with Crippen LogP contribution >= 0.6 is 34.5 Å². The van der Waals surface area contributed by atoms with Crippen molar-refractivity contribution >= 4 is 44.8 Å². The van der Waals surface area contributed by atoms with Gasteiger partial charge < -0.3 is 4.98 Å².